The van der Waals surface area contributed by atoms with Crippen LogP contribution in [0.2, 0.25) is 0 Å². The van der Waals surface area contributed by atoms with Gasteiger partial charge in [0.1, 0.15) is 17.2 Å². The number of nitrogens with zero attached hydrogens (tertiary/aromatic N) is 4. The Morgan fingerprint density at radius 1 is 0.380 bits per heavy atom. The molecule has 1 aliphatic carbocycles. The molecule has 2 aliphatic rings. The topological polar surface area (TPSA) is 60.8 Å². The van der Waals surface area contributed by atoms with E-state index in [1.165, 1.54) is 22.3 Å². The molecule has 0 N–H and O–H groups in total. The van der Waals surface area contributed by atoms with Gasteiger partial charge in [0.25, 0.3) is 0 Å². The van der Waals surface area contributed by atoms with Gasteiger partial charge in [-0.3, -0.25) is 4.98 Å². The van der Waals surface area contributed by atoms with Gasteiger partial charge in [0.05, 0.1) is 5.41 Å². The van der Waals surface area contributed by atoms with Crippen LogP contribution in [0.3, 0.4) is 0 Å². The zero-order chi connectivity index (χ0) is 33.1. The SMILES string of the molecule is c1ccc(-c2nc(-c3cccc(-c4ccc5c(c4)Oc4ccccc4C54c5ccccc5-c5ccccc54)c3)nc(-c3ccccn3)n2)cc1. The van der Waals surface area contributed by atoms with Crippen molar-refractivity contribution < 1.29 is 4.74 Å². The molecule has 10 rings (SSSR count). The molecule has 3 heterocycles. The molecule has 50 heavy (non-hydrogen) atoms. The summed E-state index contributed by atoms with van der Waals surface area (Å²) in [6, 6.07) is 56.8. The van der Waals surface area contributed by atoms with Crippen LogP contribution in [0.1, 0.15) is 22.3 Å². The maximum Gasteiger partial charge on any atom is 0.182 e. The second kappa shape index (κ2) is 11.2. The molecule has 6 aromatic carbocycles. The molecule has 0 bridgehead atoms. The zero-order valence-corrected chi connectivity index (χ0v) is 26.9. The molecule has 5 heteroatoms. The minimum Gasteiger partial charge on any atom is -0.457 e. The van der Waals surface area contributed by atoms with Gasteiger partial charge < -0.3 is 4.74 Å². The van der Waals surface area contributed by atoms with Gasteiger partial charge in [-0.05, 0) is 63.7 Å². The number of ether oxygens (including phenoxy) is 1. The highest BCUT2D eigenvalue weighted by Crippen LogP contribution is 2.62. The summed E-state index contributed by atoms with van der Waals surface area (Å²) < 4.78 is 6.76. The summed E-state index contributed by atoms with van der Waals surface area (Å²) >= 11 is 0. The molecule has 0 fully saturated rings. The lowest BCUT2D eigenvalue weighted by Gasteiger charge is -2.39. The van der Waals surface area contributed by atoms with Crippen molar-refractivity contribution in [2.75, 3.05) is 0 Å². The largest absolute Gasteiger partial charge is 0.457 e. The molecule has 5 nitrogen and oxygen atoms in total. The number of benzene rings is 6. The Balaban J connectivity index is 1.12. The van der Waals surface area contributed by atoms with Gasteiger partial charge >= 0.3 is 0 Å². The van der Waals surface area contributed by atoms with Crippen molar-refractivity contribution in [3.63, 3.8) is 0 Å². The summed E-state index contributed by atoms with van der Waals surface area (Å²) in [5.41, 5.74) is 11.5. The smallest absolute Gasteiger partial charge is 0.182 e. The lowest BCUT2D eigenvalue weighted by atomic mass is 9.66. The van der Waals surface area contributed by atoms with Crippen molar-refractivity contribution in [3.05, 3.63) is 192 Å². The molecule has 1 spiro atoms. The fourth-order valence-corrected chi connectivity index (χ4v) is 7.71. The first kappa shape index (κ1) is 28.3. The predicted molar refractivity (Wildman–Crippen MR) is 197 cm³/mol. The molecule has 1 aliphatic heterocycles. The summed E-state index contributed by atoms with van der Waals surface area (Å²) in [5, 5.41) is 0. The van der Waals surface area contributed by atoms with E-state index in [4.69, 9.17) is 19.7 Å². The minimum atomic E-state index is -0.488. The Hall–Kier alpha value is -6.72. The van der Waals surface area contributed by atoms with Gasteiger partial charge in [0.15, 0.2) is 17.5 Å². The molecule has 0 atom stereocenters. The molecule has 234 valence electrons. The number of hydrogen-bond acceptors (Lipinski definition) is 5. The fraction of sp³-hybridized carbons (Fsp3) is 0.0222. The Bertz CT molecular complexity index is 2480. The van der Waals surface area contributed by atoms with Gasteiger partial charge in [-0.15, -0.1) is 0 Å². The molecule has 8 aromatic rings. The highest BCUT2D eigenvalue weighted by molar-refractivity contribution is 5.89. The fourth-order valence-electron chi connectivity index (χ4n) is 7.71. The van der Waals surface area contributed by atoms with E-state index in [1.807, 2.05) is 54.6 Å². The van der Waals surface area contributed by atoms with Crippen LogP contribution in [0.5, 0.6) is 11.5 Å². The Morgan fingerprint density at radius 2 is 0.960 bits per heavy atom. The van der Waals surface area contributed by atoms with Crippen LogP contribution in [-0.2, 0) is 5.41 Å². The average molecular weight is 641 g/mol. The molecular formula is C45H28N4O. The van der Waals surface area contributed by atoms with E-state index in [9.17, 15) is 0 Å². The van der Waals surface area contributed by atoms with E-state index in [-0.39, 0.29) is 0 Å². The molecule has 0 radical (unpaired) electrons. The number of aromatic nitrogens is 4. The van der Waals surface area contributed by atoms with Crippen molar-refractivity contribution in [1.82, 2.24) is 19.9 Å². The monoisotopic (exact) mass is 640 g/mol. The van der Waals surface area contributed by atoms with Gasteiger partial charge in [0.2, 0.25) is 0 Å². The second-order valence-electron chi connectivity index (χ2n) is 12.6. The first-order valence-corrected chi connectivity index (χ1v) is 16.7. The van der Waals surface area contributed by atoms with Crippen LogP contribution in [0.25, 0.3) is 56.5 Å². The van der Waals surface area contributed by atoms with E-state index in [1.54, 1.807) is 6.20 Å². The number of fused-ring (bicyclic) bond motifs is 9. The first-order valence-electron chi connectivity index (χ1n) is 16.7. The number of hydrogen-bond donors (Lipinski definition) is 0. The summed E-state index contributed by atoms with van der Waals surface area (Å²) in [6.07, 6.45) is 1.76. The number of pyridine rings is 1. The van der Waals surface area contributed by atoms with E-state index in [0.717, 1.165) is 44.9 Å². The van der Waals surface area contributed by atoms with Crippen molar-refractivity contribution in [1.29, 1.82) is 0 Å². The van der Waals surface area contributed by atoms with Crippen molar-refractivity contribution in [3.8, 4) is 68.0 Å². The predicted octanol–water partition coefficient (Wildman–Crippen LogP) is 10.4. The van der Waals surface area contributed by atoms with Gasteiger partial charge in [-0.2, -0.15) is 0 Å². The highest BCUT2D eigenvalue weighted by Gasteiger charge is 2.50. The lowest BCUT2D eigenvalue weighted by molar-refractivity contribution is 0.436. The summed E-state index contributed by atoms with van der Waals surface area (Å²) in [7, 11) is 0. The number of rotatable bonds is 4. The van der Waals surface area contributed by atoms with Gasteiger partial charge in [-0.1, -0.05) is 133 Å². The van der Waals surface area contributed by atoms with Crippen LogP contribution >= 0.6 is 0 Å². The Labute approximate surface area is 289 Å². The first-order chi connectivity index (χ1) is 24.8. The third-order valence-corrected chi connectivity index (χ3v) is 9.86. The van der Waals surface area contributed by atoms with Crippen LogP contribution in [-0.4, -0.2) is 19.9 Å². The average Bonchev–Trinajstić information content (AvgIpc) is 3.49. The third kappa shape index (κ3) is 4.27. The molecule has 0 saturated carbocycles. The normalized spacial score (nSPS) is 13.1. The van der Waals surface area contributed by atoms with Crippen molar-refractivity contribution in [2.24, 2.45) is 0 Å². The van der Waals surface area contributed by atoms with E-state index >= 15 is 0 Å². The maximum absolute atomic E-state index is 6.76. The Morgan fingerprint density at radius 3 is 1.72 bits per heavy atom. The zero-order valence-electron chi connectivity index (χ0n) is 26.9. The van der Waals surface area contributed by atoms with Gasteiger partial charge in [-0.25, -0.2) is 15.0 Å². The highest BCUT2D eigenvalue weighted by atomic mass is 16.5. The van der Waals surface area contributed by atoms with Crippen LogP contribution in [0.4, 0.5) is 0 Å². The quantitative estimate of drug-likeness (QED) is 0.192. The lowest BCUT2D eigenvalue weighted by Crippen LogP contribution is -2.32. The van der Waals surface area contributed by atoms with Gasteiger partial charge in [0, 0.05) is 28.5 Å². The molecule has 2 aromatic heterocycles. The van der Waals surface area contributed by atoms with Crippen LogP contribution in [0, 0.1) is 0 Å². The van der Waals surface area contributed by atoms with E-state index in [2.05, 4.69) is 114 Å². The minimum absolute atomic E-state index is 0.488. The molecule has 0 saturated heterocycles. The Kier molecular flexibility index (Phi) is 6.33. The molecule has 0 unspecified atom stereocenters. The van der Waals surface area contributed by atoms with Crippen LogP contribution < -0.4 is 4.74 Å². The maximum atomic E-state index is 6.76. The second-order valence-corrected chi connectivity index (χ2v) is 12.6. The molecular weight excluding hydrogens is 613 g/mol. The molecule has 0 amide bonds. The third-order valence-electron chi connectivity index (χ3n) is 9.86. The van der Waals surface area contributed by atoms with Crippen LogP contribution in [0.15, 0.2) is 170 Å². The summed E-state index contributed by atoms with van der Waals surface area (Å²) in [6.45, 7) is 0. The summed E-state index contributed by atoms with van der Waals surface area (Å²) in [5.74, 6) is 3.44. The number of para-hydroxylation sites is 1. The standard InChI is InChI=1S/C45H28N4O/c1-2-13-29(14-3-1)42-47-43(49-44(48-42)39-22-10-11-26-46-39)32-16-12-15-30(27-32)31-24-25-38-41(28-31)50-40-23-9-8-21-37(40)45(38)35-19-6-4-17-33(35)34-18-5-7-20-36(34)45/h1-28H. The van der Waals surface area contributed by atoms with Crippen molar-refractivity contribution in [2.45, 2.75) is 5.41 Å². The van der Waals surface area contributed by atoms with E-state index < -0.39 is 5.41 Å². The van der Waals surface area contributed by atoms with E-state index in [0.29, 0.717) is 23.2 Å². The van der Waals surface area contributed by atoms with Crippen molar-refractivity contribution >= 4 is 0 Å². The summed E-state index contributed by atoms with van der Waals surface area (Å²) in [4.78, 5) is 19.2.